The highest BCUT2D eigenvalue weighted by molar-refractivity contribution is 5.92. The first kappa shape index (κ1) is 15.8. The zero-order chi connectivity index (χ0) is 16.3. The Morgan fingerprint density at radius 3 is 2.36 bits per heavy atom. The number of benzene rings is 1. The predicted molar refractivity (Wildman–Crippen MR) is 79.2 cm³/mol. The molecule has 0 saturated carbocycles. The molecule has 22 heavy (non-hydrogen) atoms. The highest BCUT2D eigenvalue weighted by atomic mass is 16.4. The van der Waals surface area contributed by atoms with Crippen molar-refractivity contribution in [3.63, 3.8) is 0 Å². The fraction of sp³-hybridized carbons (Fsp3) is 0.400. The number of aliphatic carboxylic acids is 1. The summed E-state index contributed by atoms with van der Waals surface area (Å²) in [4.78, 5) is 38.2. The monoisotopic (exact) mass is 305 g/mol. The van der Waals surface area contributed by atoms with Crippen molar-refractivity contribution in [1.82, 2.24) is 15.1 Å². The molecule has 1 aromatic carbocycles. The molecule has 7 heteroatoms. The zero-order valence-electron chi connectivity index (χ0n) is 12.5. The molecule has 1 aromatic rings. The Kier molecular flexibility index (Phi) is 4.65. The van der Waals surface area contributed by atoms with Crippen molar-refractivity contribution >= 4 is 17.9 Å². The van der Waals surface area contributed by atoms with Crippen LogP contribution in [-0.4, -0.2) is 59.5 Å². The minimum Gasteiger partial charge on any atom is -0.480 e. The van der Waals surface area contributed by atoms with Crippen LogP contribution in [0.15, 0.2) is 30.3 Å². The van der Waals surface area contributed by atoms with E-state index in [4.69, 9.17) is 5.11 Å². The van der Waals surface area contributed by atoms with E-state index < -0.39 is 30.0 Å². The summed E-state index contributed by atoms with van der Waals surface area (Å²) in [5, 5.41) is 11.7. The van der Waals surface area contributed by atoms with Gasteiger partial charge in [-0.2, -0.15) is 0 Å². The lowest BCUT2D eigenvalue weighted by Gasteiger charge is -2.40. The molecular formula is C15H19N3O4. The topological polar surface area (TPSA) is 90.0 Å². The molecule has 3 amide bonds. The summed E-state index contributed by atoms with van der Waals surface area (Å²) in [6, 6.07) is 6.69. The van der Waals surface area contributed by atoms with Crippen molar-refractivity contribution in [3.05, 3.63) is 35.9 Å². The van der Waals surface area contributed by atoms with Gasteiger partial charge in [0.1, 0.15) is 12.1 Å². The van der Waals surface area contributed by atoms with Crippen LogP contribution < -0.4 is 5.32 Å². The average molecular weight is 305 g/mol. The molecule has 2 N–H and O–H groups in total. The summed E-state index contributed by atoms with van der Waals surface area (Å²) < 4.78 is 0. The highest BCUT2D eigenvalue weighted by Crippen LogP contribution is 2.24. The van der Waals surface area contributed by atoms with Gasteiger partial charge in [0, 0.05) is 20.6 Å². The van der Waals surface area contributed by atoms with E-state index in [1.54, 1.807) is 38.4 Å². The largest absolute Gasteiger partial charge is 0.480 e. The van der Waals surface area contributed by atoms with E-state index in [1.807, 2.05) is 6.07 Å². The van der Waals surface area contributed by atoms with Gasteiger partial charge in [0.2, 0.25) is 0 Å². The number of carboxylic acids is 1. The minimum absolute atomic E-state index is 0.386. The highest BCUT2D eigenvalue weighted by Gasteiger charge is 2.41. The molecular weight excluding hydrogens is 286 g/mol. The van der Waals surface area contributed by atoms with Gasteiger partial charge >= 0.3 is 12.0 Å². The second-order valence-corrected chi connectivity index (χ2v) is 5.36. The number of hydrogen-bond donors (Lipinski definition) is 2. The molecule has 118 valence electrons. The Morgan fingerprint density at radius 1 is 1.27 bits per heavy atom. The van der Waals surface area contributed by atoms with Crippen molar-refractivity contribution in [2.24, 2.45) is 0 Å². The normalized spacial score (nSPS) is 18.1. The number of carbonyl (C=O) groups is 3. The molecule has 0 aromatic heterocycles. The Balaban J connectivity index is 2.22. The number of carbonyl (C=O) groups excluding carboxylic acids is 2. The fourth-order valence-corrected chi connectivity index (χ4v) is 2.26. The molecule has 0 aliphatic carbocycles. The molecule has 2 rings (SSSR count). The van der Waals surface area contributed by atoms with Gasteiger partial charge < -0.3 is 20.2 Å². The predicted octanol–water partition coefficient (Wildman–Crippen LogP) is 0.684. The summed E-state index contributed by atoms with van der Waals surface area (Å²) in [5.41, 5.74) is 0.624. The number of amides is 3. The molecule has 0 radical (unpaired) electrons. The number of rotatable bonds is 4. The first-order valence-corrected chi connectivity index (χ1v) is 6.98. The fourth-order valence-electron chi connectivity index (χ4n) is 2.26. The molecule has 1 saturated heterocycles. The standard InChI is InChI=1S/C15H19N3O4/c1-17(2)15(22)16-12(10-6-4-3-5-7-10)13(19)18-9-8-11(18)14(20)21/h3-7,11-12H,8-9H2,1-2H3,(H,16,22)(H,20,21)/t11?,12-/m1/s1. The SMILES string of the molecule is CN(C)C(=O)N[C@@H](C(=O)N1CCC1C(=O)O)c1ccccc1. The first-order chi connectivity index (χ1) is 10.4. The van der Waals surface area contributed by atoms with Gasteiger partial charge in [0.15, 0.2) is 0 Å². The van der Waals surface area contributed by atoms with Crippen molar-refractivity contribution in [2.75, 3.05) is 20.6 Å². The van der Waals surface area contributed by atoms with Crippen molar-refractivity contribution < 1.29 is 19.5 Å². The molecule has 1 aliphatic rings. The number of nitrogens with one attached hydrogen (secondary N) is 1. The molecule has 1 fully saturated rings. The van der Waals surface area contributed by atoms with Crippen LogP contribution in [0.1, 0.15) is 18.0 Å². The van der Waals surface area contributed by atoms with Gasteiger partial charge in [0.05, 0.1) is 0 Å². The first-order valence-electron chi connectivity index (χ1n) is 6.98. The van der Waals surface area contributed by atoms with E-state index >= 15 is 0 Å². The lowest BCUT2D eigenvalue weighted by Crippen LogP contribution is -2.58. The van der Waals surface area contributed by atoms with Crippen LogP contribution in [0, 0.1) is 0 Å². The Morgan fingerprint density at radius 2 is 1.91 bits per heavy atom. The second kappa shape index (κ2) is 6.46. The number of urea groups is 1. The van der Waals surface area contributed by atoms with Crippen LogP contribution in [-0.2, 0) is 9.59 Å². The molecule has 0 bridgehead atoms. The third-order valence-corrected chi connectivity index (χ3v) is 3.64. The lowest BCUT2D eigenvalue weighted by atomic mass is 9.98. The number of likely N-dealkylation sites (tertiary alicyclic amines) is 1. The van der Waals surface area contributed by atoms with E-state index in [-0.39, 0.29) is 0 Å². The van der Waals surface area contributed by atoms with Crippen LogP contribution >= 0.6 is 0 Å². The van der Waals surface area contributed by atoms with E-state index in [2.05, 4.69) is 5.32 Å². The molecule has 1 unspecified atom stereocenters. The summed E-state index contributed by atoms with van der Waals surface area (Å²) >= 11 is 0. The maximum absolute atomic E-state index is 12.6. The molecule has 2 atom stereocenters. The molecule has 7 nitrogen and oxygen atoms in total. The Labute approximate surface area is 128 Å². The summed E-state index contributed by atoms with van der Waals surface area (Å²) in [5.74, 6) is -1.43. The van der Waals surface area contributed by atoms with Crippen molar-refractivity contribution in [3.8, 4) is 0 Å². The van der Waals surface area contributed by atoms with E-state index in [0.29, 0.717) is 18.5 Å². The number of carboxylic acid groups (broad SMARTS) is 1. The number of hydrogen-bond acceptors (Lipinski definition) is 3. The van der Waals surface area contributed by atoms with E-state index in [9.17, 15) is 14.4 Å². The van der Waals surface area contributed by atoms with Gasteiger partial charge in [-0.3, -0.25) is 4.79 Å². The van der Waals surface area contributed by atoms with Crippen LogP contribution in [0.3, 0.4) is 0 Å². The van der Waals surface area contributed by atoms with Crippen LogP contribution in [0.2, 0.25) is 0 Å². The van der Waals surface area contributed by atoms with Gasteiger partial charge in [-0.1, -0.05) is 30.3 Å². The van der Waals surface area contributed by atoms with E-state index in [1.165, 1.54) is 9.80 Å². The van der Waals surface area contributed by atoms with Gasteiger partial charge in [-0.15, -0.1) is 0 Å². The van der Waals surface area contributed by atoms with Crippen LogP contribution in [0.4, 0.5) is 4.79 Å². The number of nitrogens with zero attached hydrogens (tertiary/aromatic N) is 2. The van der Waals surface area contributed by atoms with Gasteiger partial charge in [-0.25, -0.2) is 9.59 Å². The molecule has 0 spiro atoms. The van der Waals surface area contributed by atoms with Crippen molar-refractivity contribution in [1.29, 1.82) is 0 Å². The molecule has 1 aliphatic heterocycles. The Hall–Kier alpha value is -2.57. The van der Waals surface area contributed by atoms with Crippen molar-refractivity contribution in [2.45, 2.75) is 18.5 Å². The third-order valence-electron chi connectivity index (χ3n) is 3.64. The summed E-state index contributed by atoms with van der Waals surface area (Å²) in [6.07, 6.45) is 0.435. The van der Waals surface area contributed by atoms with Crippen LogP contribution in [0.5, 0.6) is 0 Å². The Bertz CT molecular complexity index is 573. The zero-order valence-corrected chi connectivity index (χ0v) is 12.5. The smallest absolute Gasteiger partial charge is 0.326 e. The maximum atomic E-state index is 12.6. The average Bonchev–Trinajstić information content (AvgIpc) is 2.43. The molecule has 1 heterocycles. The summed E-state index contributed by atoms with van der Waals surface area (Å²) in [7, 11) is 3.15. The van der Waals surface area contributed by atoms with Gasteiger partial charge in [0.25, 0.3) is 5.91 Å². The minimum atomic E-state index is -1.02. The van der Waals surface area contributed by atoms with E-state index in [0.717, 1.165) is 0 Å². The summed E-state index contributed by atoms with van der Waals surface area (Å²) in [6.45, 7) is 0.386. The van der Waals surface area contributed by atoms with Crippen LogP contribution in [0.25, 0.3) is 0 Å². The maximum Gasteiger partial charge on any atom is 0.326 e. The third kappa shape index (κ3) is 3.19. The second-order valence-electron chi connectivity index (χ2n) is 5.36. The quantitative estimate of drug-likeness (QED) is 0.856. The lowest BCUT2D eigenvalue weighted by molar-refractivity contribution is -0.158. The van der Waals surface area contributed by atoms with Gasteiger partial charge in [-0.05, 0) is 12.0 Å².